The number of ether oxygens (including phenoxy) is 1. The Kier molecular flexibility index (Phi) is 6.12. The van der Waals surface area contributed by atoms with Crippen LogP contribution in [0.3, 0.4) is 0 Å². The summed E-state index contributed by atoms with van der Waals surface area (Å²) in [7, 11) is -0.0948. The van der Waals surface area contributed by atoms with E-state index in [-0.39, 0.29) is 5.91 Å². The number of hydrogen-bond donors (Lipinski definition) is 2. The monoisotopic (exact) mass is 492 g/mol. The fraction of sp³-hybridized carbons (Fsp3) is 0.269. The summed E-state index contributed by atoms with van der Waals surface area (Å²) >= 11 is 0. The summed E-state index contributed by atoms with van der Waals surface area (Å²) in [5, 5.41) is 4.37. The fourth-order valence-electron chi connectivity index (χ4n) is 4.38. The van der Waals surface area contributed by atoms with Crippen LogP contribution in [-0.2, 0) is 19.9 Å². The van der Waals surface area contributed by atoms with Crippen LogP contribution in [0.5, 0.6) is 0 Å². The Morgan fingerprint density at radius 1 is 1.06 bits per heavy atom. The van der Waals surface area contributed by atoms with Crippen molar-refractivity contribution >= 4 is 25.1 Å². The molecule has 0 bridgehead atoms. The molecule has 0 radical (unpaired) electrons. The second-order valence-electron chi connectivity index (χ2n) is 9.81. The molecular formula is C26H29FN4O3Si. The van der Waals surface area contributed by atoms with E-state index in [0.29, 0.717) is 16.7 Å². The Labute approximate surface area is 205 Å². The predicted octanol–water partition coefficient (Wildman–Crippen LogP) is 2.87. The van der Waals surface area contributed by atoms with E-state index in [1.807, 2.05) is 48.5 Å². The molecule has 1 saturated heterocycles. The molecule has 2 atom stereocenters. The number of carbonyl (C=O) groups is 2. The van der Waals surface area contributed by atoms with Gasteiger partial charge in [-0.1, -0.05) is 67.3 Å². The number of amides is 1. The molecule has 0 aliphatic carbocycles. The first-order chi connectivity index (χ1) is 16.4. The van der Waals surface area contributed by atoms with Gasteiger partial charge in [-0.2, -0.15) is 4.39 Å². The van der Waals surface area contributed by atoms with Crippen molar-refractivity contribution in [2.24, 2.45) is 5.73 Å². The van der Waals surface area contributed by atoms with E-state index in [1.54, 1.807) is 6.07 Å². The lowest BCUT2D eigenvalue weighted by molar-refractivity contribution is -0.180. The molecule has 1 fully saturated rings. The highest BCUT2D eigenvalue weighted by molar-refractivity contribution is 6.88. The van der Waals surface area contributed by atoms with Gasteiger partial charge in [0, 0.05) is 25.7 Å². The van der Waals surface area contributed by atoms with E-state index >= 15 is 0 Å². The minimum atomic E-state index is -1.85. The van der Waals surface area contributed by atoms with Gasteiger partial charge in [0.2, 0.25) is 5.95 Å². The van der Waals surface area contributed by atoms with Gasteiger partial charge in [-0.3, -0.25) is 20.2 Å². The summed E-state index contributed by atoms with van der Waals surface area (Å²) < 4.78 is 18.8. The number of pyridine rings is 1. The molecule has 0 saturated carbocycles. The van der Waals surface area contributed by atoms with Gasteiger partial charge >= 0.3 is 11.9 Å². The SMILES string of the molecule is CC(=O)OC1(N)NC(c2ccc([Si](C)(C)C)cc2)(c2cccc(-c3ccc(F)nc3)c2)C(=O)N1C. The van der Waals surface area contributed by atoms with Gasteiger partial charge in [0.1, 0.15) is 0 Å². The standard InChI is InChI=1S/C26H29FN4O3Si/c1-17(32)34-26(28)30-25(24(33)31(26)2,20-10-12-22(13-11-20)35(3,4)5)21-8-6-7-18(15-21)19-9-14-23(27)29-16-19/h6-16,30H,28H2,1-5H3. The molecule has 1 aliphatic rings. The number of carbonyl (C=O) groups excluding carboxylic acids is 2. The molecule has 9 heteroatoms. The smallest absolute Gasteiger partial charge is 0.307 e. The molecule has 0 spiro atoms. The van der Waals surface area contributed by atoms with Crippen LogP contribution in [0.25, 0.3) is 11.1 Å². The molecule has 2 unspecified atom stereocenters. The fourth-order valence-corrected chi connectivity index (χ4v) is 5.54. The van der Waals surface area contributed by atoms with E-state index < -0.39 is 31.5 Å². The third-order valence-electron chi connectivity index (χ3n) is 6.33. The molecule has 2 aromatic carbocycles. The van der Waals surface area contributed by atoms with E-state index in [4.69, 9.17) is 10.5 Å². The number of nitrogens with two attached hydrogens (primary N) is 1. The van der Waals surface area contributed by atoms with Crippen LogP contribution in [0, 0.1) is 5.95 Å². The van der Waals surface area contributed by atoms with Crippen LogP contribution < -0.4 is 16.2 Å². The zero-order valence-corrected chi connectivity index (χ0v) is 21.4. The van der Waals surface area contributed by atoms with Crippen LogP contribution in [0.2, 0.25) is 19.6 Å². The number of aromatic nitrogens is 1. The van der Waals surface area contributed by atoms with Gasteiger partial charge in [0.15, 0.2) is 5.54 Å². The summed E-state index contributed by atoms with van der Waals surface area (Å²) in [4.78, 5) is 30.7. The maximum absolute atomic E-state index is 13.9. The van der Waals surface area contributed by atoms with Crippen molar-refractivity contribution in [2.75, 3.05) is 7.05 Å². The molecule has 1 amide bonds. The average molecular weight is 493 g/mol. The number of rotatable bonds is 5. The molecule has 2 heterocycles. The first-order valence-corrected chi connectivity index (χ1v) is 14.8. The number of nitrogens with one attached hydrogen (secondary N) is 1. The molecule has 3 aromatic rings. The quantitative estimate of drug-likeness (QED) is 0.246. The maximum Gasteiger partial charge on any atom is 0.307 e. The second kappa shape index (κ2) is 8.67. The van der Waals surface area contributed by atoms with E-state index in [2.05, 4.69) is 29.9 Å². The number of nitrogens with zero attached hydrogens (tertiary/aromatic N) is 2. The van der Waals surface area contributed by atoms with Gasteiger partial charge in [-0.05, 0) is 34.9 Å². The highest BCUT2D eigenvalue weighted by Gasteiger charge is 2.60. The minimum absolute atomic E-state index is 0.378. The normalized spacial score (nSPS) is 22.4. The molecule has 35 heavy (non-hydrogen) atoms. The lowest BCUT2D eigenvalue weighted by Crippen LogP contribution is -2.63. The Morgan fingerprint density at radius 3 is 2.31 bits per heavy atom. The Hall–Kier alpha value is -3.40. The van der Waals surface area contributed by atoms with Gasteiger partial charge < -0.3 is 4.74 Å². The van der Waals surface area contributed by atoms with Crippen molar-refractivity contribution in [3.8, 4) is 11.1 Å². The topological polar surface area (TPSA) is 97.5 Å². The van der Waals surface area contributed by atoms with Crippen LogP contribution in [-0.4, -0.2) is 42.9 Å². The van der Waals surface area contributed by atoms with Crippen LogP contribution >= 0.6 is 0 Å². The number of esters is 1. The zero-order valence-electron chi connectivity index (χ0n) is 20.4. The van der Waals surface area contributed by atoms with Crippen molar-refractivity contribution < 1.29 is 18.7 Å². The van der Waals surface area contributed by atoms with E-state index in [0.717, 1.165) is 5.56 Å². The second-order valence-corrected chi connectivity index (χ2v) is 14.9. The maximum atomic E-state index is 13.9. The van der Waals surface area contributed by atoms with Gasteiger partial charge in [-0.25, -0.2) is 10.3 Å². The summed E-state index contributed by atoms with van der Waals surface area (Å²) in [6, 6.07) is 18.1. The van der Waals surface area contributed by atoms with Crippen molar-refractivity contribution in [3.63, 3.8) is 0 Å². The average Bonchev–Trinajstić information content (AvgIpc) is 3.00. The van der Waals surface area contributed by atoms with Crippen molar-refractivity contribution in [1.82, 2.24) is 15.2 Å². The van der Waals surface area contributed by atoms with Crippen molar-refractivity contribution in [1.29, 1.82) is 0 Å². The lowest BCUT2D eigenvalue weighted by Gasteiger charge is -2.32. The highest BCUT2D eigenvalue weighted by Crippen LogP contribution is 2.40. The third kappa shape index (κ3) is 4.38. The zero-order chi connectivity index (χ0) is 25.6. The Bertz CT molecular complexity index is 1280. The van der Waals surface area contributed by atoms with E-state index in [9.17, 15) is 14.0 Å². The third-order valence-corrected chi connectivity index (χ3v) is 8.40. The van der Waals surface area contributed by atoms with Crippen LogP contribution in [0.4, 0.5) is 4.39 Å². The molecule has 182 valence electrons. The Morgan fingerprint density at radius 2 is 1.74 bits per heavy atom. The number of halogens is 1. The molecule has 1 aliphatic heterocycles. The lowest BCUT2D eigenvalue weighted by atomic mass is 9.81. The van der Waals surface area contributed by atoms with Crippen LogP contribution in [0.1, 0.15) is 18.1 Å². The summed E-state index contributed by atoms with van der Waals surface area (Å²) in [5.41, 5.74) is 7.67. The summed E-state index contributed by atoms with van der Waals surface area (Å²) in [6.07, 6.45) is 1.44. The van der Waals surface area contributed by atoms with E-state index in [1.165, 1.54) is 36.3 Å². The molecule has 3 N–H and O–H groups in total. The van der Waals surface area contributed by atoms with Crippen molar-refractivity contribution in [3.05, 3.63) is 83.9 Å². The first-order valence-electron chi connectivity index (χ1n) is 11.3. The molecule has 4 rings (SSSR count). The highest BCUT2D eigenvalue weighted by atomic mass is 28.3. The first kappa shape index (κ1) is 24.7. The number of benzene rings is 2. The van der Waals surface area contributed by atoms with Crippen molar-refractivity contribution in [2.45, 2.75) is 38.1 Å². The van der Waals surface area contributed by atoms with Gasteiger partial charge in [-0.15, -0.1) is 0 Å². The minimum Gasteiger partial charge on any atom is -0.411 e. The van der Waals surface area contributed by atoms with Gasteiger partial charge in [0.05, 0.1) is 8.07 Å². The molecule has 1 aromatic heterocycles. The molecular weight excluding hydrogens is 463 g/mol. The van der Waals surface area contributed by atoms with Crippen LogP contribution in [0.15, 0.2) is 66.9 Å². The molecule has 7 nitrogen and oxygen atoms in total. The number of hydrogen-bond acceptors (Lipinski definition) is 6. The largest absolute Gasteiger partial charge is 0.411 e. The predicted molar refractivity (Wildman–Crippen MR) is 134 cm³/mol. The Balaban J connectivity index is 1.91. The summed E-state index contributed by atoms with van der Waals surface area (Å²) in [5.74, 6) is -3.44. The number of likely N-dealkylation sites (N-methyl/N-ethyl adjacent to an activating group) is 1. The summed E-state index contributed by atoms with van der Waals surface area (Å²) in [6.45, 7) is 7.97. The van der Waals surface area contributed by atoms with Gasteiger partial charge in [0.25, 0.3) is 5.91 Å².